The number of carbonyl (C=O) groups excluding carboxylic acids is 1. The predicted octanol–water partition coefficient (Wildman–Crippen LogP) is 3.34. The Morgan fingerprint density at radius 3 is 2.60 bits per heavy atom. The second-order valence-electron chi connectivity index (χ2n) is 8.13. The van der Waals surface area contributed by atoms with E-state index < -0.39 is 0 Å². The zero-order valence-corrected chi connectivity index (χ0v) is 17.7. The maximum absolute atomic E-state index is 12.8. The molecule has 3 aromatic rings. The fourth-order valence-electron chi connectivity index (χ4n) is 4.04. The maximum Gasteiger partial charge on any atom is 0.251 e. The Morgan fingerprint density at radius 1 is 1.07 bits per heavy atom. The van der Waals surface area contributed by atoms with Crippen LogP contribution >= 0.6 is 0 Å². The maximum atomic E-state index is 12.8. The van der Waals surface area contributed by atoms with E-state index in [1.807, 2.05) is 54.2 Å². The second-order valence-corrected chi connectivity index (χ2v) is 8.13. The number of pyridine rings is 1. The molecule has 1 N–H and O–H groups in total. The zero-order valence-electron chi connectivity index (χ0n) is 17.7. The summed E-state index contributed by atoms with van der Waals surface area (Å²) in [6, 6.07) is 16.2. The normalized spacial score (nSPS) is 15.3. The Labute approximate surface area is 177 Å². The Kier molecular flexibility index (Phi) is 6.23. The lowest BCUT2D eigenvalue weighted by Gasteiger charge is -2.32. The number of likely N-dealkylation sites (tertiary alicyclic amines) is 1. The minimum absolute atomic E-state index is 0.00777. The average Bonchev–Trinajstić information content (AvgIpc) is 3.07. The number of rotatable bonds is 6. The first-order valence-corrected chi connectivity index (χ1v) is 10.6. The molecular formula is C24H29N5O. The van der Waals surface area contributed by atoms with Crippen LogP contribution in [-0.2, 0) is 13.1 Å². The number of aryl methyl sites for hydroxylation is 2. The molecule has 1 aliphatic heterocycles. The van der Waals surface area contributed by atoms with Crippen LogP contribution in [0.25, 0.3) is 0 Å². The van der Waals surface area contributed by atoms with Crippen molar-refractivity contribution in [3.05, 3.63) is 82.9 Å². The van der Waals surface area contributed by atoms with Crippen LogP contribution in [0.3, 0.4) is 0 Å². The quantitative estimate of drug-likeness (QED) is 0.686. The van der Waals surface area contributed by atoms with Crippen molar-refractivity contribution in [3.8, 4) is 0 Å². The summed E-state index contributed by atoms with van der Waals surface area (Å²) in [5, 5.41) is 7.74. The van der Waals surface area contributed by atoms with E-state index >= 15 is 0 Å². The topological polar surface area (TPSA) is 63.1 Å². The van der Waals surface area contributed by atoms with Gasteiger partial charge in [-0.15, -0.1) is 0 Å². The van der Waals surface area contributed by atoms with E-state index in [-0.39, 0.29) is 11.9 Å². The van der Waals surface area contributed by atoms with Crippen LogP contribution in [0.5, 0.6) is 0 Å². The molecule has 6 nitrogen and oxygen atoms in total. The summed E-state index contributed by atoms with van der Waals surface area (Å²) in [4.78, 5) is 19.6. The van der Waals surface area contributed by atoms with E-state index in [1.165, 1.54) is 0 Å². The summed E-state index contributed by atoms with van der Waals surface area (Å²) in [6.07, 6.45) is 3.76. The minimum atomic E-state index is 0.00777. The highest BCUT2D eigenvalue weighted by Crippen LogP contribution is 2.15. The van der Waals surface area contributed by atoms with Gasteiger partial charge in [0.1, 0.15) is 0 Å². The standard InChI is InChI=1S/C24H29N5O/c1-18-14-19(2)29(27-18)16-20-6-5-7-21(15-20)24(30)26-22-9-12-28(13-10-22)17-23-8-3-4-11-25-23/h3-8,11,14-15,22H,9-10,12-13,16-17H2,1-2H3,(H,26,30). The molecule has 0 unspecified atom stereocenters. The van der Waals surface area contributed by atoms with E-state index in [1.54, 1.807) is 0 Å². The van der Waals surface area contributed by atoms with Crippen molar-refractivity contribution in [3.63, 3.8) is 0 Å². The molecule has 1 aliphatic rings. The van der Waals surface area contributed by atoms with Crippen LogP contribution in [0.1, 0.15) is 45.8 Å². The van der Waals surface area contributed by atoms with Crippen molar-refractivity contribution in [2.24, 2.45) is 0 Å². The first kappa shape index (κ1) is 20.3. The van der Waals surface area contributed by atoms with Gasteiger partial charge in [0.25, 0.3) is 5.91 Å². The van der Waals surface area contributed by atoms with Gasteiger partial charge in [-0.1, -0.05) is 18.2 Å². The number of nitrogens with zero attached hydrogens (tertiary/aromatic N) is 4. The molecule has 1 fully saturated rings. The molecule has 0 radical (unpaired) electrons. The van der Waals surface area contributed by atoms with Crippen LogP contribution < -0.4 is 5.32 Å². The van der Waals surface area contributed by atoms with Gasteiger partial charge in [0.05, 0.1) is 17.9 Å². The van der Waals surface area contributed by atoms with Gasteiger partial charge >= 0.3 is 0 Å². The first-order valence-electron chi connectivity index (χ1n) is 10.6. The molecule has 6 heteroatoms. The van der Waals surface area contributed by atoms with Crippen LogP contribution in [0.15, 0.2) is 54.7 Å². The molecule has 1 aromatic carbocycles. The lowest BCUT2D eigenvalue weighted by Crippen LogP contribution is -2.44. The molecule has 0 atom stereocenters. The number of piperidine rings is 1. The van der Waals surface area contributed by atoms with Gasteiger partial charge in [-0.25, -0.2) is 0 Å². The van der Waals surface area contributed by atoms with Crippen molar-refractivity contribution in [2.45, 2.75) is 45.8 Å². The van der Waals surface area contributed by atoms with Crippen LogP contribution in [0.4, 0.5) is 0 Å². The summed E-state index contributed by atoms with van der Waals surface area (Å²) in [6.45, 7) is 7.54. The molecular weight excluding hydrogens is 374 g/mol. The van der Waals surface area contributed by atoms with Crippen molar-refractivity contribution in [1.29, 1.82) is 0 Å². The largest absolute Gasteiger partial charge is 0.349 e. The van der Waals surface area contributed by atoms with Crippen molar-refractivity contribution in [2.75, 3.05) is 13.1 Å². The number of amides is 1. The molecule has 30 heavy (non-hydrogen) atoms. The Balaban J connectivity index is 1.30. The number of hydrogen-bond donors (Lipinski definition) is 1. The van der Waals surface area contributed by atoms with E-state index in [4.69, 9.17) is 0 Å². The lowest BCUT2D eigenvalue weighted by atomic mass is 10.0. The highest BCUT2D eigenvalue weighted by molar-refractivity contribution is 5.94. The van der Waals surface area contributed by atoms with Crippen LogP contribution in [0.2, 0.25) is 0 Å². The summed E-state index contributed by atoms with van der Waals surface area (Å²) in [5.74, 6) is 0.00777. The average molecular weight is 404 g/mol. The summed E-state index contributed by atoms with van der Waals surface area (Å²) >= 11 is 0. The fraction of sp³-hybridized carbons (Fsp3) is 0.375. The van der Waals surface area contributed by atoms with Crippen molar-refractivity contribution < 1.29 is 4.79 Å². The van der Waals surface area contributed by atoms with Gasteiger partial charge in [0, 0.05) is 43.1 Å². The van der Waals surface area contributed by atoms with Gasteiger partial charge in [-0.05, 0) is 62.6 Å². The van der Waals surface area contributed by atoms with E-state index in [0.717, 1.165) is 55.1 Å². The van der Waals surface area contributed by atoms with Crippen molar-refractivity contribution in [1.82, 2.24) is 25.0 Å². The van der Waals surface area contributed by atoms with Crippen molar-refractivity contribution >= 4 is 5.91 Å². The number of benzene rings is 1. The van der Waals surface area contributed by atoms with Gasteiger partial charge in [0.2, 0.25) is 0 Å². The Bertz CT molecular complexity index is 990. The smallest absolute Gasteiger partial charge is 0.251 e. The van der Waals surface area contributed by atoms with E-state index in [0.29, 0.717) is 12.1 Å². The summed E-state index contributed by atoms with van der Waals surface area (Å²) in [5.41, 5.74) is 5.03. The molecule has 4 rings (SSSR count). The molecule has 0 aliphatic carbocycles. The molecule has 0 saturated carbocycles. The molecule has 0 bridgehead atoms. The predicted molar refractivity (Wildman–Crippen MR) is 117 cm³/mol. The third-order valence-electron chi connectivity index (χ3n) is 5.66. The lowest BCUT2D eigenvalue weighted by molar-refractivity contribution is 0.0908. The number of nitrogens with one attached hydrogen (secondary N) is 1. The number of hydrogen-bond acceptors (Lipinski definition) is 4. The first-order chi connectivity index (χ1) is 14.6. The van der Waals surface area contributed by atoms with Gasteiger partial charge < -0.3 is 5.32 Å². The molecule has 2 aromatic heterocycles. The van der Waals surface area contributed by atoms with Gasteiger partial charge in [-0.3, -0.25) is 19.4 Å². The molecule has 0 spiro atoms. The monoisotopic (exact) mass is 403 g/mol. The third kappa shape index (κ3) is 5.13. The zero-order chi connectivity index (χ0) is 20.9. The van der Waals surface area contributed by atoms with E-state index in [9.17, 15) is 4.79 Å². The Hall–Kier alpha value is -2.99. The van der Waals surface area contributed by atoms with E-state index in [2.05, 4.69) is 39.4 Å². The summed E-state index contributed by atoms with van der Waals surface area (Å²) in [7, 11) is 0. The Morgan fingerprint density at radius 2 is 1.90 bits per heavy atom. The number of aromatic nitrogens is 3. The van der Waals surface area contributed by atoms with Gasteiger partial charge in [-0.2, -0.15) is 5.10 Å². The minimum Gasteiger partial charge on any atom is -0.349 e. The SMILES string of the molecule is Cc1cc(C)n(Cc2cccc(C(=O)NC3CCN(Cc4ccccn4)CC3)c2)n1. The molecule has 3 heterocycles. The molecule has 1 saturated heterocycles. The highest BCUT2D eigenvalue weighted by atomic mass is 16.1. The fourth-order valence-corrected chi connectivity index (χ4v) is 4.04. The summed E-state index contributed by atoms with van der Waals surface area (Å²) < 4.78 is 1.98. The second kappa shape index (κ2) is 9.22. The van der Waals surface area contributed by atoms with Crippen LogP contribution in [0, 0.1) is 13.8 Å². The molecule has 156 valence electrons. The van der Waals surface area contributed by atoms with Gasteiger partial charge in [0.15, 0.2) is 0 Å². The molecule has 1 amide bonds. The number of carbonyl (C=O) groups is 1. The highest BCUT2D eigenvalue weighted by Gasteiger charge is 2.21. The third-order valence-corrected chi connectivity index (χ3v) is 5.66. The van der Waals surface area contributed by atoms with Crippen LogP contribution in [-0.4, -0.2) is 44.7 Å².